The number of fused-ring (bicyclic) bond motifs is 2. The Hall–Kier alpha value is -6.20. The van der Waals surface area contributed by atoms with E-state index < -0.39 is 86.0 Å². The minimum absolute atomic E-state index is 0.0606. The molecule has 0 aliphatic carbocycles. The van der Waals surface area contributed by atoms with Crippen LogP contribution in [0.25, 0.3) is 11.3 Å². The number of nitrogens with one attached hydrogen (secondary N) is 3. The monoisotopic (exact) mass is 937 g/mol. The number of phenolic OH excluding ortho intramolecular Hbond substituents is 1. The molecule has 0 spiro atoms. The number of halogens is 1. The van der Waals surface area contributed by atoms with E-state index in [4.69, 9.17) is 27.7 Å². The van der Waals surface area contributed by atoms with Crippen LogP contribution in [-0.4, -0.2) is 121 Å². The molecule has 4 aromatic rings. The number of β-lactam (4-membered cyclic amide) rings is 2. The highest BCUT2D eigenvalue weighted by atomic mass is 35.5. The molecule has 0 unspecified atom stereocenters. The molecule has 4 aliphatic rings. The number of carbonyl (C=O) groups excluding carboxylic acids is 5. The lowest BCUT2D eigenvalue weighted by atomic mass is 9.95. The number of hydrogen-bond acceptors (Lipinski definition) is 15. The molecule has 4 saturated heterocycles. The normalized spacial score (nSPS) is 23.6. The molecule has 4 fully saturated rings. The van der Waals surface area contributed by atoms with Crippen LogP contribution in [0.2, 0.25) is 5.02 Å². The zero-order valence-corrected chi connectivity index (χ0v) is 37.1. The maximum absolute atomic E-state index is 13.0. The van der Waals surface area contributed by atoms with Gasteiger partial charge in [0.2, 0.25) is 17.7 Å². The number of aromatic nitrogens is 2. The molecule has 6 heterocycles. The number of aryl methyl sites for hydroxylation is 1. The number of phenols is 1. The largest absolute Gasteiger partial charge is 0.508 e. The smallest absolute Gasteiger partial charge is 0.327 e. The molecule has 338 valence electrons. The number of carbonyl (C=O) groups is 7. The van der Waals surface area contributed by atoms with E-state index >= 15 is 0 Å². The maximum atomic E-state index is 13.0. The summed E-state index contributed by atoms with van der Waals surface area (Å²) < 4.78 is 3.89. The van der Waals surface area contributed by atoms with Gasteiger partial charge in [-0.3, -0.25) is 34.4 Å². The highest BCUT2D eigenvalue weighted by molar-refractivity contribution is 8.02. The number of nitrogen functional groups attached to an aromatic ring is 1. The third-order valence-corrected chi connectivity index (χ3v) is 14.2. The van der Waals surface area contributed by atoms with Gasteiger partial charge in [0.1, 0.15) is 63.7 Å². The fraction of sp³-hybridized carbons (Fsp3) is 0.341. The molecular weight excluding hydrogens is 894 g/mol. The van der Waals surface area contributed by atoms with Gasteiger partial charge in [-0.2, -0.15) is 0 Å². The van der Waals surface area contributed by atoms with Crippen LogP contribution in [0.4, 0.5) is 0 Å². The van der Waals surface area contributed by atoms with Crippen LogP contribution >= 0.6 is 35.1 Å². The number of aliphatic carboxylic acids is 2. The number of hydrogen-bond donors (Lipinski definition) is 8. The molecule has 23 heteroatoms. The second-order valence-corrected chi connectivity index (χ2v) is 19.8. The lowest BCUT2D eigenvalue weighted by molar-refractivity contribution is -0.161. The lowest BCUT2D eigenvalue weighted by Gasteiger charge is -2.43. The van der Waals surface area contributed by atoms with Crippen LogP contribution in [0.3, 0.4) is 0 Å². The fourth-order valence-corrected chi connectivity index (χ4v) is 11.1. The van der Waals surface area contributed by atoms with Crippen molar-refractivity contribution in [2.45, 2.75) is 85.1 Å². The second kappa shape index (κ2) is 18.5. The van der Waals surface area contributed by atoms with E-state index in [0.717, 1.165) is 0 Å². The van der Waals surface area contributed by atoms with Gasteiger partial charge in [0.15, 0.2) is 0 Å². The Balaban J connectivity index is 0.000000177. The standard InChI is InChI=1S/C19H18ClN3O5S.C16H19N3O5S.C6H7N3O/c1-8-11(12(22-28-8)9-6-4-5-7-10(9)20)15(24)21-13-16(25)23-14(18(26)27)19(2,3)29-17(13)23;1-16(2)11(15(23)24)19-13(22)10(14(19)25-16)18-12(21)9(17)7-3-5-8(20)6-4-7;7-9-6(10)5-1-3-8-4-2-5/h4-7,13-14,17H,1-3H3,(H,21,24)(H,26,27);3-6,9-11,14,20H,17H2,1-2H3,(H,18,21)(H,23,24);1-4H,7H2,(H,9,10)/t13-,14+,17-;9-,10-,11+,14-;/m11./s1. The van der Waals surface area contributed by atoms with E-state index in [1.54, 1.807) is 71.0 Å². The number of nitrogens with two attached hydrogens (primary N) is 2. The molecule has 8 rings (SSSR count). The first-order valence-electron chi connectivity index (χ1n) is 19.3. The van der Waals surface area contributed by atoms with Gasteiger partial charge in [0.25, 0.3) is 11.8 Å². The summed E-state index contributed by atoms with van der Waals surface area (Å²) in [6.45, 7) is 8.69. The number of nitrogens with zero attached hydrogens (tertiary/aromatic N) is 4. The molecular formula is C41H44ClN9O11S2. The number of hydrazine groups is 1. The number of carboxylic acids is 2. The average Bonchev–Trinajstić information content (AvgIpc) is 3.86. The Kier molecular flexibility index (Phi) is 13.7. The van der Waals surface area contributed by atoms with Gasteiger partial charge in [-0.15, -0.1) is 23.5 Å². The predicted octanol–water partition coefficient (Wildman–Crippen LogP) is 2.26. The Morgan fingerprint density at radius 2 is 1.33 bits per heavy atom. The first-order chi connectivity index (χ1) is 30.1. The van der Waals surface area contributed by atoms with Crippen molar-refractivity contribution in [3.63, 3.8) is 0 Å². The van der Waals surface area contributed by atoms with Gasteiger partial charge in [0.05, 0.1) is 5.02 Å². The molecule has 5 amide bonds. The van der Waals surface area contributed by atoms with Gasteiger partial charge >= 0.3 is 11.9 Å². The number of pyridine rings is 1. The number of carboxylic acid groups (broad SMARTS) is 2. The first kappa shape index (κ1) is 47.3. The molecule has 10 N–H and O–H groups in total. The Morgan fingerprint density at radius 3 is 1.83 bits per heavy atom. The Morgan fingerprint density at radius 1 is 0.812 bits per heavy atom. The van der Waals surface area contributed by atoms with E-state index in [-0.39, 0.29) is 22.9 Å². The second-order valence-electron chi connectivity index (χ2n) is 15.9. The number of thioether (sulfide) groups is 2. The Labute approximate surface area is 378 Å². The molecule has 64 heavy (non-hydrogen) atoms. The fourth-order valence-electron chi connectivity index (χ4n) is 7.64. The van der Waals surface area contributed by atoms with Gasteiger partial charge in [-0.25, -0.2) is 15.4 Å². The summed E-state index contributed by atoms with van der Waals surface area (Å²) in [7, 11) is 0. The minimum Gasteiger partial charge on any atom is -0.508 e. The Bertz CT molecular complexity index is 2490. The predicted molar refractivity (Wildman–Crippen MR) is 233 cm³/mol. The number of amides is 5. The molecule has 2 aromatic heterocycles. The van der Waals surface area contributed by atoms with Crippen LogP contribution in [0.15, 0.2) is 77.6 Å². The summed E-state index contributed by atoms with van der Waals surface area (Å²) in [5.41, 5.74) is 9.96. The molecule has 7 atom stereocenters. The molecule has 0 radical (unpaired) electrons. The van der Waals surface area contributed by atoms with Crippen molar-refractivity contribution in [1.29, 1.82) is 0 Å². The van der Waals surface area contributed by atoms with Gasteiger partial charge in [-0.05, 0) is 70.5 Å². The van der Waals surface area contributed by atoms with E-state index in [0.29, 0.717) is 27.5 Å². The molecule has 0 saturated carbocycles. The van der Waals surface area contributed by atoms with Crippen molar-refractivity contribution < 1.29 is 53.4 Å². The number of rotatable bonds is 9. The zero-order chi connectivity index (χ0) is 47.0. The average molecular weight is 938 g/mol. The molecule has 2 aromatic carbocycles. The van der Waals surface area contributed by atoms with Crippen molar-refractivity contribution in [3.8, 4) is 17.0 Å². The zero-order valence-electron chi connectivity index (χ0n) is 34.7. The minimum atomic E-state index is -1.06. The maximum Gasteiger partial charge on any atom is 0.327 e. The van der Waals surface area contributed by atoms with Gasteiger partial charge in [0, 0.05) is 33.0 Å². The summed E-state index contributed by atoms with van der Waals surface area (Å²) in [6.07, 6.45) is 3.06. The summed E-state index contributed by atoms with van der Waals surface area (Å²) in [6, 6.07) is 11.6. The van der Waals surface area contributed by atoms with Crippen molar-refractivity contribution in [2.75, 3.05) is 0 Å². The summed E-state index contributed by atoms with van der Waals surface area (Å²) in [5.74, 6) is 0.947. The molecule has 20 nitrogen and oxygen atoms in total. The van der Waals surface area contributed by atoms with Crippen LogP contribution in [-0.2, 0) is 24.0 Å². The summed E-state index contributed by atoms with van der Waals surface area (Å²) in [4.78, 5) is 90.5. The SMILES string of the molecule is CC1(C)S[C@@H]2[C@H](NC(=O)[C@H](N)c3ccc(O)cc3)C(=O)N2[C@H]1C(=O)O.Cc1onc(-c2ccccc2Cl)c1C(=O)N[C@@H]1C(=O)N2[C@@H]1SC(C)(C)[C@@H]2C(=O)O.NNC(=O)c1ccncc1. The van der Waals surface area contributed by atoms with Gasteiger partial charge in [-0.1, -0.05) is 47.1 Å². The first-order valence-corrected chi connectivity index (χ1v) is 21.5. The van der Waals surface area contributed by atoms with E-state index in [1.807, 2.05) is 5.43 Å². The molecule has 4 aliphatic heterocycles. The third-order valence-electron chi connectivity index (χ3n) is 10.8. The van der Waals surface area contributed by atoms with Crippen LogP contribution in [0.1, 0.15) is 65.8 Å². The van der Waals surface area contributed by atoms with Gasteiger partial charge < -0.3 is 46.0 Å². The van der Waals surface area contributed by atoms with E-state index in [1.165, 1.54) is 70.0 Å². The van der Waals surface area contributed by atoms with Crippen molar-refractivity contribution in [2.24, 2.45) is 11.6 Å². The van der Waals surface area contributed by atoms with E-state index in [9.17, 15) is 48.9 Å². The highest BCUT2D eigenvalue weighted by Gasteiger charge is 2.65. The third kappa shape index (κ3) is 9.09. The topological polar surface area (TPSA) is 314 Å². The van der Waals surface area contributed by atoms with Crippen molar-refractivity contribution >= 4 is 76.6 Å². The lowest BCUT2D eigenvalue weighted by Crippen LogP contribution is -2.71. The number of benzene rings is 2. The molecule has 0 bridgehead atoms. The summed E-state index contributed by atoms with van der Waals surface area (Å²) in [5, 5.41) is 37.0. The van der Waals surface area contributed by atoms with Crippen molar-refractivity contribution in [1.82, 2.24) is 36.0 Å². The quantitative estimate of drug-likeness (QED) is 0.0516. The van der Waals surface area contributed by atoms with Crippen LogP contribution in [0.5, 0.6) is 5.75 Å². The van der Waals surface area contributed by atoms with Crippen LogP contribution < -0.4 is 27.6 Å². The summed E-state index contributed by atoms with van der Waals surface area (Å²) >= 11 is 8.94. The highest BCUT2D eigenvalue weighted by Crippen LogP contribution is 2.52. The number of aromatic hydroxyl groups is 1. The van der Waals surface area contributed by atoms with Crippen molar-refractivity contribution in [3.05, 3.63) is 101 Å². The van der Waals surface area contributed by atoms with Crippen LogP contribution in [0, 0.1) is 6.92 Å². The van der Waals surface area contributed by atoms with E-state index in [2.05, 4.69) is 20.8 Å².